The van der Waals surface area contributed by atoms with Crippen LogP contribution in [-0.2, 0) is 70.7 Å². The number of H-pyrrole nitrogens is 2. The molecule has 5 heterocycles. The molecule has 10 N–H and O–H groups in total. The van der Waals surface area contributed by atoms with Gasteiger partial charge < -0.3 is 60.6 Å². The number of carboxylic acid groups (broad SMARTS) is 8. The van der Waals surface area contributed by atoms with Gasteiger partial charge in [0, 0.05) is 101 Å². The lowest BCUT2D eigenvalue weighted by molar-refractivity contribution is -0.176. The number of aliphatic carboxylic acids is 8. The Hall–Kier alpha value is -10.6. The van der Waals surface area contributed by atoms with Gasteiger partial charge in [-0.1, -0.05) is 74.5 Å². The van der Waals surface area contributed by atoms with Crippen LogP contribution in [0.3, 0.4) is 0 Å². The average Bonchev–Trinajstić information content (AvgIpc) is 1.61. The Morgan fingerprint density at radius 3 is 1.05 bits per heavy atom. The summed E-state index contributed by atoms with van der Waals surface area (Å²) in [5.41, 5.74) is 12.2. The largest absolute Gasteiger partial charge is 0.481 e. The SMILES string of the molecule is CCON(CCN(CCN(CC(=O)O)CC(=O)N(CCC(CC(=O)O)c1c(C)c2cc3nc(cc4nc(cc5[nH]c(cc1[nH]2)c(C(CCN(Cc1ccccc1)C(=O)CN(CCN(CCN(CC(=O)O)OCC)CC(=O)O)CC(=O)O)CC(=O)O)c5C)C(CC)=C4C)C(CC)=C3C)Cc1ccccc1)CC(=O)O)CC(=O)O. The lowest BCUT2D eigenvalue weighted by Crippen LogP contribution is -2.47. The van der Waals surface area contributed by atoms with E-state index in [0.29, 0.717) is 91.1 Å². The first-order valence-electron chi connectivity index (χ1n) is 37.6. The summed E-state index contributed by atoms with van der Waals surface area (Å²) in [5.74, 6) is -12.5. The van der Waals surface area contributed by atoms with E-state index in [9.17, 15) is 79.2 Å². The lowest BCUT2D eigenvalue weighted by Gasteiger charge is -2.30. The van der Waals surface area contributed by atoms with Crippen LogP contribution < -0.4 is 0 Å². The standard InChI is InChI=1S/C80H106N12O20/c1-9-59-51(5)61-37-63-53(7)79(57(35-71(95)96)23-25-89(41-55-19-15-13-16-20-55)69(93)43-87(47-75(103)104)29-27-85(45-73(99)100)31-33-91(111-11-3)49-77(107)108)67(83-63)40-68-80(54(8)64(84-68)39-66-60(10-2)52(6)62(82-66)38-65(59)81-61)58(36-72(97)98)24-26-90(42-56-21-17-14-18-22-56)70(94)44-88(48-76(105)106)30-28-86(46-74(101)102)32-34-92(112-12-4)50-78(109)110/h13-22,37-40,57-58,83-84H,9-12,23-36,41-50H2,1-8H3,(H,95,96)(H,97,98)(H,99,100)(H,101,102)(H,103,104)(H,105,106)(H,107,108)(H,109,110). The van der Waals surface area contributed by atoms with Crippen molar-refractivity contribution in [1.82, 2.24) is 59.5 Å². The smallest absolute Gasteiger partial charge is 0.320 e. The van der Waals surface area contributed by atoms with Crippen LogP contribution in [0, 0.1) is 13.8 Å². The quantitative estimate of drug-likeness (QED) is 0.0166. The average molecular weight is 1560 g/mol. The monoisotopic (exact) mass is 1550 g/mol. The van der Waals surface area contributed by atoms with Crippen molar-refractivity contribution in [2.24, 2.45) is 0 Å². The number of aryl methyl sites for hydroxylation is 2. The minimum Gasteiger partial charge on any atom is -0.481 e. The molecule has 0 spiro atoms. The normalized spacial score (nSPS) is 12.9. The zero-order chi connectivity index (χ0) is 81.9. The number of aromatic amines is 2. The van der Waals surface area contributed by atoms with Crippen LogP contribution in [0.2, 0.25) is 0 Å². The van der Waals surface area contributed by atoms with Gasteiger partial charge in [0.05, 0.1) is 88.1 Å². The highest BCUT2D eigenvalue weighted by atomic mass is 16.7. The second-order valence-electron chi connectivity index (χ2n) is 27.9. The van der Waals surface area contributed by atoms with Crippen molar-refractivity contribution >= 4 is 104 Å². The number of carbonyl (C=O) groups excluding carboxylic acids is 2. The maximum atomic E-state index is 15.1. The van der Waals surface area contributed by atoms with Crippen LogP contribution in [0.5, 0.6) is 0 Å². The molecular formula is C80H106N12O20. The van der Waals surface area contributed by atoms with Crippen molar-refractivity contribution in [3.8, 4) is 0 Å². The number of benzene rings is 2. The molecule has 8 bridgehead atoms. The van der Waals surface area contributed by atoms with Crippen molar-refractivity contribution < 1.29 is 98.5 Å². The molecule has 0 fully saturated rings. The van der Waals surface area contributed by atoms with E-state index in [2.05, 4.69) is 9.97 Å². The van der Waals surface area contributed by atoms with E-state index in [0.717, 1.165) is 22.3 Å². The van der Waals surface area contributed by atoms with Crippen LogP contribution in [0.25, 0.3) is 44.4 Å². The topological polar surface area (TPSA) is 434 Å². The van der Waals surface area contributed by atoms with E-state index in [1.54, 1.807) is 50.2 Å². The van der Waals surface area contributed by atoms with Crippen LogP contribution in [-0.4, -0.2) is 291 Å². The van der Waals surface area contributed by atoms with Crippen molar-refractivity contribution in [1.29, 1.82) is 0 Å². The fourth-order valence-electron chi connectivity index (χ4n) is 14.5. The number of nitrogens with zero attached hydrogens (tertiary/aromatic N) is 10. The molecule has 0 aliphatic carbocycles. The second kappa shape index (κ2) is 43.3. The zero-order valence-corrected chi connectivity index (χ0v) is 65.0. The Bertz CT molecular complexity index is 4390. The van der Waals surface area contributed by atoms with Crippen molar-refractivity contribution in [2.45, 2.75) is 119 Å². The van der Waals surface area contributed by atoms with Crippen LogP contribution in [0.15, 0.2) is 84.9 Å². The molecule has 2 amide bonds. The summed E-state index contributed by atoms with van der Waals surface area (Å²) in [4.78, 5) is 167. The molecule has 0 saturated heterocycles. The van der Waals surface area contributed by atoms with Crippen LogP contribution >= 0.6 is 0 Å². The summed E-state index contributed by atoms with van der Waals surface area (Å²) in [5, 5.41) is 83.6. The minimum atomic E-state index is -1.27. The first-order chi connectivity index (χ1) is 53.4. The number of nitrogens with one attached hydrogen (secondary N) is 2. The molecule has 606 valence electrons. The summed E-state index contributed by atoms with van der Waals surface area (Å²) in [6.07, 6.45) is 0.333. The number of hydrogen-bond donors (Lipinski definition) is 10. The predicted octanol–water partition coefficient (Wildman–Crippen LogP) is 7.79. The van der Waals surface area contributed by atoms with Crippen molar-refractivity contribution in [3.63, 3.8) is 0 Å². The fourth-order valence-corrected chi connectivity index (χ4v) is 14.5. The highest BCUT2D eigenvalue weighted by Gasteiger charge is 2.31. The summed E-state index contributed by atoms with van der Waals surface area (Å²) in [6.45, 7) is 10.8. The van der Waals surface area contributed by atoms with Crippen LogP contribution in [0.1, 0.15) is 148 Å². The van der Waals surface area contributed by atoms with Gasteiger partial charge >= 0.3 is 47.8 Å². The first kappa shape index (κ1) is 88.6. The summed E-state index contributed by atoms with van der Waals surface area (Å²) in [7, 11) is 0. The Morgan fingerprint density at radius 1 is 0.375 bits per heavy atom. The molecule has 0 radical (unpaired) electrons. The van der Waals surface area contributed by atoms with Gasteiger partial charge in [-0.3, -0.25) is 77.2 Å². The van der Waals surface area contributed by atoms with E-state index in [-0.39, 0.29) is 105 Å². The number of fused-ring (bicyclic) bond motifs is 8. The van der Waals surface area contributed by atoms with E-state index in [4.69, 9.17) is 19.6 Å². The van der Waals surface area contributed by atoms with Gasteiger partial charge in [0.15, 0.2) is 0 Å². The number of aromatic nitrogens is 4. The van der Waals surface area contributed by atoms with E-state index in [1.165, 1.54) is 39.5 Å². The van der Waals surface area contributed by atoms with Gasteiger partial charge in [-0.05, 0) is 159 Å². The molecule has 2 unspecified atom stereocenters. The third kappa shape index (κ3) is 26.8. The number of hydrogen-bond acceptors (Lipinski definition) is 20. The van der Waals surface area contributed by atoms with E-state index < -0.39 is 137 Å². The molecule has 112 heavy (non-hydrogen) atoms. The summed E-state index contributed by atoms with van der Waals surface area (Å²) in [6, 6.07) is 25.6. The Labute approximate surface area is 650 Å². The zero-order valence-electron chi connectivity index (χ0n) is 65.0. The van der Waals surface area contributed by atoms with Gasteiger partial charge in [-0.2, -0.15) is 10.1 Å². The molecule has 32 nitrogen and oxygen atoms in total. The molecule has 32 heteroatoms. The van der Waals surface area contributed by atoms with Gasteiger partial charge in [-0.25, -0.2) is 9.97 Å². The molecule has 2 atom stereocenters. The number of hydroxylamine groups is 4. The Kier molecular flexibility index (Phi) is 34.3. The number of carboxylic acids is 8. The third-order valence-corrected chi connectivity index (χ3v) is 19.8. The lowest BCUT2D eigenvalue weighted by atomic mass is 9.88. The maximum Gasteiger partial charge on any atom is 0.320 e. The molecule has 2 aliphatic heterocycles. The number of carbonyl (C=O) groups is 10. The van der Waals surface area contributed by atoms with Crippen molar-refractivity contribution in [3.05, 3.63) is 141 Å². The summed E-state index contributed by atoms with van der Waals surface area (Å²) < 4.78 is 0. The molecular weight excluding hydrogens is 1450 g/mol. The predicted molar refractivity (Wildman–Crippen MR) is 417 cm³/mol. The highest BCUT2D eigenvalue weighted by molar-refractivity contribution is 5.96. The third-order valence-electron chi connectivity index (χ3n) is 19.8. The van der Waals surface area contributed by atoms with Gasteiger partial charge in [0.25, 0.3) is 0 Å². The molecule has 2 aromatic carbocycles. The number of rotatable bonds is 50. The molecule has 0 saturated carbocycles. The molecule has 3 aromatic heterocycles. The van der Waals surface area contributed by atoms with Crippen LogP contribution in [0.4, 0.5) is 0 Å². The van der Waals surface area contributed by atoms with Gasteiger partial charge in [0.1, 0.15) is 13.1 Å². The van der Waals surface area contributed by atoms with Gasteiger partial charge in [-0.15, -0.1) is 0 Å². The van der Waals surface area contributed by atoms with E-state index >= 15 is 9.59 Å². The fraction of sp³-hybridized carbons (Fsp3) is 0.475. The Balaban J connectivity index is 1.37. The van der Waals surface area contributed by atoms with Gasteiger partial charge in [0.2, 0.25) is 11.8 Å². The number of allylic oxidation sites excluding steroid dienone is 4. The van der Waals surface area contributed by atoms with E-state index in [1.807, 2.05) is 90.1 Å². The molecule has 7 rings (SSSR count). The number of amides is 2. The first-order valence-corrected chi connectivity index (χ1v) is 37.6. The Morgan fingerprint density at radius 2 is 0.705 bits per heavy atom. The summed E-state index contributed by atoms with van der Waals surface area (Å²) >= 11 is 0. The maximum absolute atomic E-state index is 15.1. The molecule has 2 aliphatic rings. The van der Waals surface area contributed by atoms with Crippen molar-refractivity contribution in [2.75, 3.05) is 131 Å². The highest BCUT2D eigenvalue weighted by Crippen LogP contribution is 2.41. The second-order valence-corrected chi connectivity index (χ2v) is 27.9. The minimum absolute atomic E-state index is 0.00863. The molecule has 5 aromatic rings.